The monoisotopic (exact) mass is 568 g/mol. The number of alkyl halides is 2. The third kappa shape index (κ3) is 2.89. The molecular formula is C29H46Br2O. The molecule has 6 rings (SSSR count). The van der Waals surface area contributed by atoms with Crippen LogP contribution in [0.2, 0.25) is 0 Å². The van der Waals surface area contributed by atoms with Crippen LogP contribution < -0.4 is 0 Å². The van der Waals surface area contributed by atoms with E-state index in [1.54, 1.807) is 0 Å². The summed E-state index contributed by atoms with van der Waals surface area (Å²) in [4.78, 5) is 0. The Balaban J connectivity index is 1.21. The highest BCUT2D eigenvalue weighted by Gasteiger charge is 2.77. The highest BCUT2D eigenvalue weighted by Crippen LogP contribution is 2.82. The third-order valence-corrected chi connectivity index (χ3v) is 15.3. The minimum absolute atomic E-state index is 0.212. The Morgan fingerprint density at radius 3 is 2.34 bits per heavy atom. The van der Waals surface area contributed by atoms with Crippen LogP contribution in [0.4, 0.5) is 0 Å². The van der Waals surface area contributed by atoms with Crippen LogP contribution in [0.1, 0.15) is 92.4 Å². The van der Waals surface area contributed by atoms with Gasteiger partial charge in [-0.25, -0.2) is 0 Å². The number of methoxy groups -OCH3 is 1. The maximum Gasteiger partial charge on any atom is 0.0871 e. The number of rotatable bonds is 5. The highest BCUT2D eigenvalue weighted by molar-refractivity contribution is 9.25. The van der Waals surface area contributed by atoms with Gasteiger partial charge in [0.25, 0.3) is 0 Å². The molecule has 3 heteroatoms. The lowest BCUT2D eigenvalue weighted by atomic mass is 9.46. The summed E-state index contributed by atoms with van der Waals surface area (Å²) >= 11 is 8.06. The van der Waals surface area contributed by atoms with Gasteiger partial charge in [-0.05, 0) is 122 Å². The van der Waals surface area contributed by atoms with Crippen LogP contribution in [0.15, 0.2) is 0 Å². The Morgan fingerprint density at radius 2 is 1.72 bits per heavy atom. The Hall–Kier alpha value is 0.920. The quantitative estimate of drug-likeness (QED) is 0.301. The first kappa shape index (κ1) is 23.3. The molecule has 6 fully saturated rings. The predicted molar refractivity (Wildman–Crippen MR) is 140 cm³/mol. The standard InChI is InChI=1S/C29H46Br2O/c1-16(2)25-23(29(25,30)31)11-17(3)18-12-22-20-13-24(32-6)28-15-19(28)7-10-27(28,5)21(20)8-9-26(22,4)14-18/h16-25H,7-15H2,1-6H3. The van der Waals surface area contributed by atoms with Crippen molar-refractivity contribution in [2.75, 3.05) is 7.11 Å². The van der Waals surface area contributed by atoms with E-state index in [0.29, 0.717) is 22.3 Å². The zero-order valence-corrected chi connectivity index (χ0v) is 24.5. The molecule has 0 amide bonds. The molecular weight excluding hydrogens is 524 g/mol. The molecule has 12 atom stereocenters. The molecule has 0 N–H and O–H groups in total. The van der Waals surface area contributed by atoms with E-state index in [2.05, 4.69) is 66.5 Å². The largest absolute Gasteiger partial charge is 0.381 e. The van der Waals surface area contributed by atoms with Crippen molar-refractivity contribution in [3.8, 4) is 0 Å². The molecule has 0 aromatic rings. The molecule has 182 valence electrons. The first-order valence-corrected chi connectivity index (χ1v) is 15.5. The maximum atomic E-state index is 6.33. The molecule has 32 heavy (non-hydrogen) atoms. The topological polar surface area (TPSA) is 9.23 Å². The van der Waals surface area contributed by atoms with Crippen molar-refractivity contribution in [2.45, 2.75) is 102 Å². The average molecular weight is 570 g/mol. The van der Waals surface area contributed by atoms with Crippen LogP contribution >= 0.6 is 31.9 Å². The van der Waals surface area contributed by atoms with Gasteiger partial charge in [0, 0.05) is 12.5 Å². The minimum atomic E-state index is 0.212. The normalized spacial score (nSPS) is 58.0. The van der Waals surface area contributed by atoms with Crippen molar-refractivity contribution in [3.05, 3.63) is 0 Å². The predicted octanol–water partition coefficient (Wildman–Crippen LogP) is 8.68. The van der Waals surface area contributed by atoms with Crippen molar-refractivity contribution in [3.63, 3.8) is 0 Å². The Morgan fingerprint density at radius 1 is 0.969 bits per heavy atom. The van der Waals surface area contributed by atoms with E-state index in [4.69, 9.17) is 4.74 Å². The lowest BCUT2D eigenvalue weighted by molar-refractivity contribution is -0.155. The molecule has 6 aliphatic rings. The molecule has 1 nitrogen and oxygen atoms in total. The first-order chi connectivity index (χ1) is 15.0. The van der Waals surface area contributed by atoms with Crippen LogP contribution in [-0.4, -0.2) is 16.4 Å². The summed E-state index contributed by atoms with van der Waals surface area (Å²) in [5.41, 5.74) is 1.72. The molecule has 12 unspecified atom stereocenters. The van der Waals surface area contributed by atoms with Gasteiger partial charge in [-0.1, -0.05) is 66.5 Å². The summed E-state index contributed by atoms with van der Waals surface area (Å²) in [6, 6.07) is 0. The van der Waals surface area contributed by atoms with Gasteiger partial charge in [-0.3, -0.25) is 0 Å². The first-order valence-electron chi connectivity index (χ1n) is 13.9. The second kappa shape index (κ2) is 7.24. The summed E-state index contributed by atoms with van der Waals surface area (Å²) < 4.78 is 6.54. The summed E-state index contributed by atoms with van der Waals surface area (Å²) in [5.74, 6) is 7.95. The van der Waals surface area contributed by atoms with Crippen LogP contribution in [0.3, 0.4) is 0 Å². The van der Waals surface area contributed by atoms with Crippen LogP contribution in [0, 0.1) is 69.5 Å². The molecule has 1 spiro atoms. The number of halogens is 2. The second-order valence-corrected chi connectivity index (χ2v) is 18.1. The van der Waals surface area contributed by atoms with E-state index >= 15 is 0 Å². The van der Waals surface area contributed by atoms with Gasteiger partial charge in [0.05, 0.1) is 9.34 Å². The van der Waals surface area contributed by atoms with Gasteiger partial charge in [0.15, 0.2) is 0 Å². The third-order valence-electron chi connectivity index (χ3n) is 13.0. The van der Waals surface area contributed by atoms with E-state index in [1.807, 2.05) is 7.11 Å². The fourth-order valence-electron chi connectivity index (χ4n) is 11.3. The van der Waals surface area contributed by atoms with Crippen molar-refractivity contribution in [1.82, 2.24) is 0 Å². The Bertz CT molecular complexity index is 779. The minimum Gasteiger partial charge on any atom is -0.381 e. The fraction of sp³-hybridized carbons (Fsp3) is 1.00. The summed E-state index contributed by atoms with van der Waals surface area (Å²) in [7, 11) is 2.03. The maximum absolute atomic E-state index is 6.33. The molecule has 0 radical (unpaired) electrons. The van der Waals surface area contributed by atoms with E-state index in [1.165, 1.54) is 57.8 Å². The Labute approximate surface area is 214 Å². The number of hydrogen-bond acceptors (Lipinski definition) is 1. The highest BCUT2D eigenvalue weighted by atomic mass is 79.9. The van der Waals surface area contributed by atoms with Gasteiger partial charge in [-0.15, -0.1) is 0 Å². The second-order valence-electron chi connectivity index (χ2n) is 14.4. The molecule has 0 bridgehead atoms. The molecule has 6 aliphatic carbocycles. The van der Waals surface area contributed by atoms with Crippen LogP contribution in [0.25, 0.3) is 0 Å². The van der Waals surface area contributed by atoms with Crippen molar-refractivity contribution in [1.29, 1.82) is 0 Å². The van der Waals surface area contributed by atoms with Crippen LogP contribution in [0.5, 0.6) is 0 Å². The van der Waals surface area contributed by atoms with E-state index in [0.717, 1.165) is 53.3 Å². The molecule has 0 aliphatic heterocycles. The van der Waals surface area contributed by atoms with Crippen molar-refractivity contribution < 1.29 is 4.74 Å². The zero-order valence-electron chi connectivity index (χ0n) is 21.3. The van der Waals surface area contributed by atoms with Crippen molar-refractivity contribution in [2.24, 2.45) is 69.5 Å². The Kier molecular flexibility index (Phi) is 5.28. The zero-order chi connectivity index (χ0) is 22.8. The fourth-order valence-corrected chi connectivity index (χ4v) is 13.7. The lowest BCUT2D eigenvalue weighted by Crippen LogP contribution is -2.56. The smallest absolute Gasteiger partial charge is 0.0871 e. The SMILES string of the molecule is COC1CC2C3CC(C(C)CC4C(C(C)C)C4(Br)Br)CC3(C)CCC2C2(C)CCC3CC312. The van der Waals surface area contributed by atoms with Gasteiger partial charge in [0.2, 0.25) is 0 Å². The van der Waals surface area contributed by atoms with Gasteiger partial charge >= 0.3 is 0 Å². The summed E-state index contributed by atoms with van der Waals surface area (Å²) in [5, 5.41) is 0. The van der Waals surface area contributed by atoms with Gasteiger partial charge < -0.3 is 4.74 Å². The summed E-state index contributed by atoms with van der Waals surface area (Å²) in [6.07, 6.45) is 13.7. The number of hydrogen-bond donors (Lipinski definition) is 0. The molecule has 0 heterocycles. The average Bonchev–Trinajstić information content (AvgIpc) is 3.46. The number of ether oxygens (including phenoxy) is 1. The van der Waals surface area contributed by atoms with Gasteiger partial charge in [0.1, 0.15) is 0 Å². The van der Waals surface area contributed by atoms with E-state index in [-0.39, 0.29) is 3.23 Å². The summed E-state index contributed by atoms with van der Waals surface area (Å²) in [6.45, 7) is 12.8. The van der Waals surface area contributed by atoms with E-state index in [9.17, 15) is 0 Å². The van der Waals surface area contributed by atoms with Gasteiger partial charge in [-0.2, -0.15) is 0 Å². The molecule has 0 aromatic heterocycles. The number of fused-ring (bicyclic) bond motifs is 4. The van der Waals surface area contributed by atoms with Crippen LogP contribution in [-0.2, 0) is 4.74 Å². The van der Waals surface area contributed by atoms with E-state index < -0.39 is 0 Å². The lowest BCUT2D eigenvalue weighted by Gasteiger charge is -2.60. The molecule has 0 saturated heterocycles. The molecule has 6 saturated carbocycles. The van der Waals surface area contributed by atoms with Crippen molar-refractivity contribution >= 4 is 31.9 Å². The molecule has 0 aromatic carbocycles.